The second-order valence-electron chi connectivity index (χ2n) is 3.86. The van der Waals surface area contributed by atoms with E-state index in [1.165, 1.54) is 22.3 Å². The second kappa shape index (κ2) is 5.53. The third kappa shape index (κ3) is 3.10. The third-order valence-electron chi connectivity index (χ3n) is 2.44. The van der Waals surface area contributed by atoms with Gasteiger partial charge in [0, 0.05) is 18.8 Å². The highest BCUT2D eigenvalue weighted by atomic mass is 32.1. The molecular formula is C11H12N4O3S. The fraction of sp³-hybridized carbons (Fsp3) is 0.182. The summed E-state index contributed by atoms with van der Waals surface area (Å²) in [4.78, 5) is 24.3. The van der Waals surface area contributed by atoms with Gasteiger partial charge in [0.1, 0.15) is 5.00 Å². The smallest absolute Gasteiger partial charge is 0.338 e. The average Bonchev–Trinajstić information content (AvgIpc) is 2.99. The van der Waals surface area contributed by atoms with Gasteiger partial charge in [0.05, 0.1) is 18.3 Å². The lowest BCUT2D eigenvalue weighted by atomic mass is 10.3. The SMILES string of the molecule is CN(Cc1cn[nH]c1)C(=O)Nc1sccc1C(=O)O. The summed E-state index contributed by atoms with van der Waals surface area (Å²) in [6.45, 7) is 0.385. The average molecular weight is 280 g/mol. The Hall–Kier alpha value is -2.35. The number of hydrogen-bond donors (Lipinski definition) is 3. The van der Waals surface area contributed by atoms with E-state index in [0.717, 1.165) is 5.56 Å². The molecule has 2 aromatic rings. The number of carbonyl (C=O) groups is 2. The maximum Gasteiger partial charge on any atom is 0.338 e. The second-order valence-corrected chi connectivity index (χ2v) is 4.78. The molecule has 2 heterocycles. The molecule has 19 heavy (non-hydrogen) atoms. The first-order valence-corrected chi connectivity index (χ1v) is 6.26. The van der Waals surface area contributed by atoms with Crippen molar-refractivity contribution in [1.82, 2.24) is 15.1 Å². The molecule has 2 amide bonds. The number of carboxylic acid groups (broad SMARTS) is 1. The molecule has 0 saturated heterocycles. The van der Waals surface area contributed by atoms with Gasteiger partial charge in [-0.1, -0.05) is 0 Å². The highest BCUT2D eigenvalue weighted by Crippen LogP contribution is 2.23. The predicted molar refractivity (Wildman–Crippen MR) is 70.4 cm³/mol. The number of rotatable bonds is 4. The van der Waals surface area contributed by atoms with Crippen LogP contribution in [0.15, 0.2) is 23.8 Å². The van der Waals surface area contributed by atoms with E-state index in [0.29, 0.717) is 11.5 Å². The van der Waals surface area contributed by atoms with Crippen LogP contribution in [-0.4, -0.2) is 39.3 Å². The normalized spacial score (nSPS) is 10.2. The van der Waals surface area contributed by atoms with Crippen LogP contribution in [0.1, 0.15) is 15.9 Å². The third-order valence-corrected chi connectivity index (χ3v) is 3.27. The Morgan fingerprint density at radius 2 is 2.37 bits per heavy atom. The number of urea groups is 1. The number of hydrogen-bond acceptors (Lipinski definition) is 4. The molecule has 0 atom stereocenters. The van der Waals surface area contributed by atoms with Crippen LogP contribution >= 0.6 is 11.3 Å². The quantitative estimate of drug-likeness (QED) is 0.795. The summed E-state index contributed by atoms with van der Waals surface area (Å²) < 4.78 is 0. The number of nitrogens with zero attached hydrogens (tertiary/aromatic N) is 2. The Kier molecular flexibility index (Phi) is 3.81. The molecule has 0 aliphatic rings. The number of aromatic nitrogens is 2. The van der Waals surface area contributed by atoms with E-state index in [4.69, 9.17) is 5.11 Å². The number of carboxylic acids is 1. The van der Waals surface area contributed by atoms with E-state index >= 15 is 0 Å². The maximum atomic E-state index is 11.9. The van der Waals surface area contributed by atoms with E-state index in [1.807, 2.05) is 0 Å². The van der Waals surface area contributed by atoms with Crippen molar-refractivity contribution < 1.29 is 14.7 Å². The molecule has 3 N–H and O–H groups in total. The molecule has 0 bridgehead atoms. The summed E-state index contributed by atoms with van der Waals surface area (Å²) in [5, 5.41) is 19.9. The fourth-order valence-electron chi connectivity index (χ4n) is 1.48. The van der Waals surface area contributed by atoms with Crippen molar-refractivity contribution in [2.75, 3.05) is 12.4 Å². The summed E-state index contributed by atoms with van der Waals surface area (Å²) >= 11 is 1.17. The first-order chi connectivity index (χ1) is 9.08. The summed E-state index contributed by atoms with van der Waals surface area (Å²) in [5.74, 6) is -1.06. The molecule has 0 unspecified atom stereocenters. The molecule has 7 nitrogen and oxygen atoms in total. The molecule has 0 fully saturated rings. The maximum absolute atomic E-state index is 11.9. The molecule has 0 aliphatic carbocycles. The lowest BCUT2D eigenvalue weighted by molar-refractivity contribution is 0.0698. The van der Waals surface area contributed by atoms with Gasteiger partial charge in [-0.05, 0) is 11.4 Å². The summed E-state index contributed by atoms with van der Waals surface area (Å²) in [6.07, 6.45) is 3.31. The number of thiophene rings is 1. The highest BCUT2D eigenvalue weighted by molar-refractivity contribution is 7.14. The first kappa shape index (κ1) is 13.1. The minimum absolute atomic E-state index is 0.0926. The van der Waals surface area contributed by atoms with Crippen LogP contribution in [0.3, 0.4) is 0 Å². The van der Waals surface area contributed by atoms with Crippen molar-refractivity contribution in [2.45, 2.75) is 6.54 Å². The number of aromatic amines is 1. The predicted octanol–water partition coefficient (Wildman–Crippen LogP) is 1.83. The van der Waals surface area contributed by atoms with Gasteiger partial charge in [-0.25, -0.2) is 9.59 Å². The minimum atomic E-state index is -1.06. The van der Waals surface area contributed by atoms with Gasteiger partial charge >= 0.3 is 12.0 Å². The monoisotopic (exact) mass is 280 g/mol. The standard InChI is InChI=1S/C11H12N4O3S/c1-15(6-7-4-12-13-5-7)11(18)14-9-8(10(16)17)2-3-19-9/h2-5H,6H2,1H3,(H,12,13)(H,14,18)(H,16,17). The Bertz CT molecular complexity index is 579. The molecule has 100 valence electrons. The molecule has 0 radical (unpaired) electrons. The number of amides is 2. The largest absolute Gasteiger partial charge is 0.478 e. The zero-order chi connectivity index (χ0) is 13.8. The van der Waals surface area contributed by atoms with Crippen molar-refractivity contribution >= 4 is 28.3 Å². The van der Waals surface area contributed by atoms with Crippen molar-refractivity contribution in [3.63, 3.8) is 0 Å². The van der Waals surface area contributed by atoms with Crippen molar-refractivity contribution in [2.24, 2.45) is 0 Å². The lowest BCUT2D eigenvalue weighted by Crippen LogP contribution is -2.30. The lowest BCUT2D eigenvalue weighted by Gasteiger charge is -2.16. The van der Waals surface area contributed by atoms with E-state index < -0.39 is 5.97 Å². The van der Waals surface area contributed by atoms with E-state index in [-0.39, 0.29) is 11.6 Å². The van der Waals surface area contributed by atoms with E-state index in [2.05, 4.69) is 15.5 Å². The summed E-state index contributed by atoms with van der Waals surface area (Å²) in [7, 11) is 1.62. The molecule has 2 rings (SSSR count). The molecule has 0 aromatic carbocycles. The Balaban J connectivity index is 2.00. The van der Waals surface area contributed by atoms with Gasteiger partial charge in [-0.3, -0.25) is 10.4 Å². The van der Waals surface area contributed by atoms with E-state index in [1.54, 1.807) is 24.8 Å². The number of anilines is 1. The van der Waals surface area contributed by atoms with Crippen LogP contribution < -0.4 is 5.32 Å². The minimum Gasteiger partial charge on any atom is -0.478 e. The van der Waals surface area contributed by atoms with Gasteiger partial charge in [0.15, 0.2) is 0 Å². The Labute approximate surface area is 112 Å². The van der Waals surface area contributed by atoms with Crippen LogP contribution in [0, 0.1) is 0 Å². The number of nitrogens with one attached hydrogen (secondary N) is 2. The molecular weight excluding hydrogens is 268 g/mol. The number of H-pyrrole nitrogens is 1. The topological polar surface area (TPSA) is 98.3 Å². The molecule has 0 saturated carbocycles. The van der Waals surface area contributed by atoms with Crippen LogP contribution in [0.5, 0.6) is 0 Å². The first-order valence-electron chi connectivity index (χ1n) is 5.38. The van der Waals surface area contributed by atoms with Gasteiger partial charge in [-0.2, -0.15) is 5.10 Å². The number of carbonyl (C=O) groups excluding carboxylic acids is 1. The molecule has 8 heteroatoms. The highest BCUT2D eigenvalue weighted by Gasteiger charge is 2.16. The molecule has 0 aliphatic heterocycles. The summed E-state index contributed by atoms with van der Waals surface area (Å²) in [5.41, 5.74) is 0.956. The van der Waals surface area contributed by atoms with Gasteiger partial charge in [0.2, 0.25) is 0 Å². The van der Waals surface area contributed by atoms with Crippen LogP contribution in [0.2, 0.25) is 0 Å². The van der Waals surface area contributed by atoms with Crippen LogP contribution in [-0.2, 0) is 6.54 Å². The number of aromatic carboxylic acids is 1. The van der Waals surface area contributed by atoms with Crippen LogP contribution in [0.4, 0.5) is 9.80 Å². The Morgan fingerprint density at radius 1 is 1.58 bits per heavy atom. The Morgan fingerprint density at radius 3 is 3.00 bits per heavy atom. The van der Waals surface area contributed by atoms with Gasteiger partial charge in [0.25, 0.3) is 0 Å². The zero-order valence-electron chi connectivity index (χ0n) is 10.1. The molecule has 2 aromatic heterocycles. The van der Waals surface area contributed by atoms with E-state index in [9.17, 15) is 9.59 Å². The summed E-state index contributed by atoms with van der Waals surface area (Å²) in [6, 6.07) is 1.09. The van der Waals surface area contributed by atoms with Gasteiger partial charge in [-0.15, -0.1) is 11.3 Å². The van der Waals surface area contributed by atoms with Gasteiger partial charge < -0.3 is 10.0 Å². The molecule has 0 spiro atoms. The van der Waals surface area contributed by atoms with Crippen molar-refractivity contribution in [3.8, 4) is 0 Å². The fourth-order valence-corrected chi connectivity index (χ4v) is 2.25. The van der Waals surface area contributed by atoms with Crippen molar-refractivity contribution in [1.29, 1.82) is 0 Å². The van der Waals surface area contributed by atoms with Crippen LogP contribution in [0.25, 0.3) is 0 Å². The van der Waals surface area contributed by atoms with Crippen molar-refractivity contribution in [3.05, 3.63) is 35.0 Å². The zero-order valence-corrected chi connectivity index (χ0v) is 10.9.